The Morgan fingerprint density at radius 2 is 1.52 bits per heavy atom. The number of nitrogens with one attached hydrogen (secondary N) is 1. The third-order valence-corrected chi connectivity index (χ3v) is 5.79. The number of aryl methyl sites for hydroxylation is 2. The van der Waals surface area contributed by atoms with Gasteiger partial charge in [0.1, 0.15) is 0 Å². The molecule has 0 aromatic heterocycles. The van der Waals surface area contributed by atoms with Crippen molar-refractivity contribution in [2.45, 2.75) is 25.7 Å². The fourth-order valence-electron chi connectivity index (χ4n) is 4.37. The summed E-state index contributed by atoms with van der Waals surface area (Å²) in [7, 11) is 0. The molecule has 0 unspecified atom stereocenters. The molecule has 0 aliphatic carbocycles. The van der Waals surface area contributed by atoms with Gasteiger partial charge in [-0.1, -0.05) is 42.5 Å². The first-order valence-corrected chi connectivity index (χ1v) is 10.1. The predicted octanol–water partition coefficient (Wildman–Crippen LogP) is 4.83. The van der Waals surface area contributed by atoms with Gasteiger partial charge < -0.3 is 10.2 Å². The normalized spacial score (nSPS) is 15.0. The van der Waals surface area contributed by atoms with E-state index >= 15 is 0 Å². The molecule has 0 spiro atoms. The van der Waals surface area contributed by atoms with Crippen molar-refractivity contribution in [2.75, 3.05) is 16.8 Å². The van der Waals surface area contributed by atoms with Crippen molar-refractivity contribution in [3.63, 3.8) is 0 Å². The molecule has 0 radical (unpaired) electrons. The van der Waals surface area contributed by atoms with Crippen LogP contribution in [0.5, 0.6) is 0 Å². The minimum Gasteiger partial charge on any atom is -0.322 e. The molecule has 2 amide bonds. The van der Waals surface area contributed by atoms with Gasteiger partial charge in [-0.05, 0) is 65.8 Å². The fraction of sp³-hybridized carbons (Fsp3) is 0.200. The van der Waals surface area contributed by atoms with Gasteiger partial charge in [0, 0.05) is 24.2 Å². The summed E-state index contributed by atoms with van der Waals surface area (Å²) in [6, 6.07) is 21.9. The summed E-state index contributed by atoms with van der Waals surface area (Å²) in [6.45, 7) is 0.804. The monoisotopic (exact) mass is 382 g/mol. The van der Waals surface area contributed by atoms with Gasteiger partial charge in [-0.15, -0.1) is 0 Å². The molecule has 2 aliphatic rings. The Bertz CT molecular complexity index is 1070. The van der Waals surface area contributed by atoms with Crippen LogP contribution >= 0.6 is 0 Å². The highest BCUT2D eigenvalue weighted by atomic mass is 16.2. The molecule has 29 heavy (non-hydrogen) atoms. The standard InChI is InChI=1S/C25H22N2O2/c28-23-13-12-21-16-22(15-20-7-4-14-27(23)24(20)21)26-25(29)19-10-8-18(9-11-19)17-5-2-1-3-6-17/h1-3,5-6,8-11,15-16H,4,7,12-14H2,(H,26,29). The van der Waals surface area contributed by atoms with Crippen LogP contribution in [0.3, 0.4) is 0 Å². The summed E-state index contributed by atoms with van der Waals surface area (Å²) < 4.78 is 0. The van der Waals surface area contributed by atoms with E-state index in [1.807, 2.05) is 59.5 Å². The zero-order valence-electron chi connectivity index (χ0n) is 16.2. The van der Waals surface area contributed by atoms with Crippen LogP contribution in [0.1, 0.15) is 34.3 Å². The van der Waals surface area contributed by atoms with Gasteiger partial charge in [-0.3, -0.25) is 9.59 Å². The van der Waals surface area contributed by atoms with Crippen LogP contribution in [0.4, 0.5) is 11.4 Å². The lowest BCUT2D eigenvalue weighted by atomic mass is 9.91. The molecule has 3 aromatic carbocycles. The first kappa shape index (κ1) is 17.7. The maximum Gasteiger partial charge on any atom is 0.255 e. The van der Waals surface area contributed by atoms with Crippen molar-refractivity contribution in [1.29, 1.82) is 0 Å². The molecule has 4 heteroatoms. The van der Waals surface area contributed by atoms with Crippen LogP contribution in [0.25, 0.3) is 11.1 Å². The SMILES string of the molecule is O=C(Nc1cc2c3c(c1)CCC(=O)N3CCC2)c1ccc(-c2ccccc2)cc1. The molecular formula is C25H22N2O2. The minimum atomic E-state index is -0.115. The largest absolute Gasteiger partial charge is 0.322 e. The summed E-state index contributed by atoms with van der Waals surface area (Å²) in [5.41, 5.74) is 7.07. The van der Waals surface area contributed by atoms with Crippen LogP contribution < -0.4 is 10.2 Å². The third kappa shape index (κ3) is 3.31. The maximum absolute atomic E-state index is 12.8. The quantitative estimate of drug-likeness (QED) is 0.705. The lowest BCUT2D eigenvalue weighted by Crippen LogP contribution is -2.39. The van der Waals surface area contributed by atoms with Crippen molar-refractivity contribution in [3.05, 3.63) is 83.4 Å². The number of amides is 2. The number of carbonyl (C=O) groups is 2. The number of hydrogen-bond donors (Lipinski definition) is 1. The van der Waals surface area contributed by atoms with Gasteiger partial charge in [-0.25, -0.2) is 0 Å². The minimum absolute atomic E-state index is 0.115. The van der Waals surface area contributed by atoms with Gasteiger partial charge in [0.2, 0.25) is 5.91 Å². The summed E-state index contributed by atoms with van der Waals surface area (Å²) in [5, 5.41) is 3.05. The number of anilines is 2. The van der Waals surface area contributed by atoms with Gasteiger partial charge >= 0.3 is 0 Å². The second-order valence-electron chi connectivity index (χ2n) is 7.69. The Hall–Kier alpha value is -3.40. The van der Waals surface area contributed by atoms with Crippen molar-refractivity contribution in [3.8, 4) is 11.1 Å². The predicted molar refractivity (Wildman–Crippen MR) is 115 cm³/mol. The Labute approximate surface area is 170 Å². The Balaban J connectivity index is 1.38. The van der Waals surface area contributed by atoms with Crippen LogP contribution in [0.15, 0.2) is 66.7 Å². The zero-order valence-corrected chi connectivity index (χ0v) is 16.2. The third-order valence-electron chi connectivity index (χ3n) is 5.79. The highest BCUT2D eigenvalue weighted by molar-refractivity contribution is 6.05. The summed E-state index contributed by atoms with van der Waals surface area (Å²) >= 11 is 0. The molecule has 0 bridgehead atoms. The number of hydrogen-bond acceptors (Lipinski definition) is 2. The molecule has 0 atom stereocenters. The van der Waals surface area contributed by atoms with E-state index in [2.05, 4.69) is 17.4 Å². The summed E-state index contributed by atoms with van der Waals surface area (Å²) in [5.74, 6) is 0.102. The number of nitrogens with zero attached hydrogens (tertiary/aromatic N) is 1. The average Bonchev–Trinajstić information content (AvgIpc) is 2.77. The molecule has 4 nitrogen and oxygen atoms in total. The molecule has 0 saturated carbocycles. The topological polar surface area (TPSA) is 49.4 Å². The zero-order chi connectivity index (χ0) is 19.8. The van der Waals surface area contributed by atoms with E-state index in [1.165, 1.54) is 0 Å². The van der Waals surface area contributed by atoms with Gasteiger partial charge in [-0.2, -0.15) is 0 Å². The highest BCUT2D eigenvalue weighted by Gasteiger charge is 2.29. The van der Waals surface area contributed by atoms with E-state index in [0.29, 0.717) is 12.0 Å². The van der Waals surface area contributed by atoms with E-state index in [-0.39, 0.29) is 11.8 Å². The molecule has 0 fully saturated rings. The van der Waals surface area contributed by atoms with E-state index < -0.39 is 0 Å². The van der Waals surface area contributed by atoms with Gasteiger partial charge in [0.25, 0.3) is 5.91 Å². The first-order chi connectivity index (χ1) is 14.2. The Kier molecular flexibility index (Phi) is 4.39. The average molecular weight is 382 g/mol. The second kappa shape index (κ2) is 7.21. The van der Waals surface area contributed by atoms with Crippen molar-refractivity contribution in [2.24, 2.45) is 0 Å². The first-order valence-electron chi connectivity index (χ1n) is 10.1. The van der Waals surface area contributed by atoms with Crippen molar-refractivity contribution >= 4 is 23.2 Å². The lowest BCUT2D eigenvalue weighted by molar-refractivity contribution is -0.119. The molecule has 5 rings (SSSR count). The van der Waals surface area contributed by atoms with E-state index in [9.17, 15) is 9.59 Å². The lowest BCUT2D eigenvalue weighted by Gasteiger charge is -2.35. The fourth-order valence-corrected chi connectivity index (χ4v) is 4.37. The molecule has 144 valence electrons. The molecule has 2 heterocycles. The second-order valence-corrected chi connectivity index (χ2v) is 7.69. The van der Waals surface area contributed by atoms with Crippen LogP contribution in [0, 0.1) is 0 Å². The molecule has 0 saturated heterocycles. The van der Waals surface area contributed by atoms with Crippen LogP contribution in [0.2, 0.25) is 0 Å². The van der Waals surface area contributed by atoms with E-state index in [4.69, 9.17) is 0 Å². The Morgan fingerprint density at radius 3 is 2.28 bits per heavy atom. The molecule has 2 aliphatic heterocycles. The highest BCUT2D eigenvalue weighted by Crippen LogP contribution is 2.38. The number of carbonyl (C=O) groups excluding carboxylic acids is 2. The number of benzene rings is 3. The van der Waals surface area contributed by atoms with Crippen LogP contribution in [-0.4, -0.2) is 18.4 Å². The molecule has 1 N–H and O–H groups in total. The Morgan fingerprint density at radius 1 is 0.828 bits per heavy atom. The van der Waals surface area contributed by atoms with Crippen molar-refractivity contribution < 1.29 is 9.59 Å². The van der Waals surface area contributed by atoms with E-state index in [0.717, 1.165) is 59.4 Å². The molecular weight excluding hydrogens is 360 g/mol. The van der Waals surface area contributed by atoms with E-state index in [1.54, 1.807) is 0 Å². The van der Waals surface area contributed by atoms with Crippen molar-refractivity contribution in [1.82, 2.24) is 0 Å². The van der Waals surface area contributed by atoms with Crippen LogP contribution in [-0.2, 0) is 17.6 Å². The molecule has 3 aromatic rings. The number of rotatable bonds is 3. The smallest absolute Gasteiger partial charge is 0.255 e. The van der Waals surface area contributed by atoms with Gasteiger partial charge in [0.05, 0.1) is 5.69 Å². The summed E-state index contributed by atoms with van der Waals surface area (Å²) in [4.78, 5) is 26.9. The van der Waals surface area contributed by atoms with Gasteiger partial charge in [0.15, 0.2) is 0 Å². The maximum atomic E-state index is 12.8. The summed E-state index contributed by atoms with van der Waals surface area (Å²) in [6.07, 6.45) is 3.20.